The summed E-state index contributed by atoms with van der Waals surface area (Å²) >= 11 is 0. The van der Waals surface area contributed by atoms with Crippen molar-refractivity contribution >= 4 is 73.1 Å². The van der Waals surface area contributed by atoms with E-state index >= 15 is 0 Å². The fourth-order valence-electron chi connectivity index (χ4n) is 5.62. The topological polar surface area (TPSA) is 78.5 Å². The number of hydrogen-bond acceptors (Lipinski definition) is 4. The Hall–Kier alpha value is 0.0364. The molecule has 8 heteroatoms. The molecule has 0 spiro atoms. The molecule has 1 heterocycles. The zero-order valence-corrected chi connectivity index (χ0v) is 21.9. The Labute approximate surface area is 222 Å². The number of fused-ring (bicyclic) bond motifs is 2. The number of amides is 2. The molecule has 1 aromatic carbocycles. The number of carbonyl (C=O) groups excluding carboxylic acids is 1. The van der Waals surface area contributed by atoms with Crippen molar-refractivity contribution in [3.63, 3.8) is 0 Å². The van der Waals surface area contributed by atoms with Gasteiger partial charge in [0.2, 0.25) is 10.0 Å². The monoisotopic (exact) mass is 456 g/mol. The maximum atomic E-state index is 12.8. The third kappa shape index (κ3) is 4.56. The normalized spacial score (nSPS) is 22.0. The molecule has 0 aromatic heterocycles. The minimum Gasteiger partial charge on any atom is -0.307 e. The average Bonchev–Trinajstić information content (AvgIpc) is 3.29. The number of aryl methyl sites for hydroxylation is 2. The Balaban J connectivity index is 0.00000218. The van der Waals surface area contributed by atoms with Crippen molar-refractivity contribution in [1.82, 2.24) is 9.62 Å². The van der Waals surface area contributed by atoms with Gasteiger partial charge in [-0.2, -0.15) is 0 Å². The van der Waals surface area contributed by atoms with E-state index in [-0.39, 0.29) is 51.4 Å². The minimum atomic E-state index is -3.66. The van der Waals surface area contributed by atoms with Crippen molar-refractivity contribution in [3.05, 3.63) is 28.3 Å². The number of sulfonamides is 1. The Kier molecular flexibility index (Phi) is 7.34. The molecule has 1 saturated heterocycles. The van der Waals surface area contributed by atoms with Crippen LogP contribution in [-0.2, 0) is 35.7 Å². The second kappa shape index (κ2) is 9.49. The predicted octanol–water partition coefficient (Wildman–Crippen LogP) is 2.75. The molecule has 30 heavy (non-hydrogen) atoms. The van der Waals surface area contributed by atoms with Crippen LogP contribution in [0.25, 0.3) is 0 Å². The van der Waals surface area contributed by atoms with Crippen molar-refractivity contribution in [2.24, 2.45) is 0 Å². The molecule has 1 aromatic rings. The molecular weight excluding hydrogens is 425 g/mol. The van der Waals surface area contributed by atoms with Gasteiger partial charge in [-0.3, -0.25) is 0 Å². The standard InChI is InChI=1S/C22H31N3O3S.K/c26-22(23-21-19-8-1-4-15(19)14-16-5-2-9-20(16)21)24-29(27,28)18-10-12-25(13-11-18)17-6-3-7-17;/h14,17-18H,1-13H2,(H2,23,24,26);. The fraction of sp³-hybridized carbons (Fsp3) is 0.682. The van der Waals surface area contributed by atoms with Crippen molar-refractivity contribution in [2.75, 3.05) is 18.4 Å². The summed E-state index contributed by atoms with van der Waals surface area (Å²) in [5.41, 5.74) is 5.97. The summed E-state index contributed by atoms with van der Waals surface area (Å²) in [6.07, 6.45) is 11.2. The summed E-state index contributed by atoms with van der Waals surface area (Å²) in [4.78, 5) is 15.1. The smallest absolute Gasteiger partial charge is 0.307 e. The number of anilines is 1. The van der Waals surface area contributed by atoms with Crippen molar-refractivity contribution < 1.29 is 13.2 Å². The van der Waals surface area contributed by atoms with E-state index in [9.17, 15) is 13.2 Å². The van der Waals surface area contributed by atoms with Crippen molar-refractivity contribution in [2.45, 2.75) is 81.9 Å². The zero-order valence-electron chi connectivity index (χ0n) is 18.0. The van der Waals surface area contributed by atoms with Crippen LogP contribution in [0.15, 0.2) is 6.07 Å². The molecule has 159 valence electrons. The molecule has 4 aliphatic rings. The van der Waals surface area contributed by atoms with E-state index < -0.39 is 21.3 Å². The number of likely N-dealkylation sites (tertiary alicyclic amines) is 1. The molecule has 0 atom stereocenters. The summed E-state index contributed by atoms with van der Waals surface area (Å²) in [6, 6.07) is 2.36. The Bertz CT molecular complexity index is 890. The molecule has 5 rings (SSSR count). The summed E-state index contributed by atoms with van der Waals surface area (Å²) in [6.45, 7) is 1.63. The maximum Gasteiger partial charge on any atom is 0.332 e. The van der Waals surface area contributed by atoms with Crippen LogP contribution < -0.4 is 10.0 Å². The molecule has 1 aliphatic heterocycles. The van der Waals surface area contributed by atoms with E-state index in [4.69, 9.17) is 0 Å². The van der Waals surface area contributed by atoms with Gasteiger partial charge in [-0.15, -0.1) is 0 Å². The molecular formula is C22H31KN3O3S. The molecule has 0 unspecified atom stereocenters. The largest absolute Gasteiger partial charge is 0.332 e. The molecule has 1 radical (unpaired) electrons. The number of nitrogens with one attached hydrogen (secondary N) is 2. The molecule has 2 amide bonds. The SMILES string of the molecule is O=C(Nc1c2c(cc3c1CCC3)CCC2)NS(=O)(=O)C1CCN(C2CCC2)CC1.[K]. The van der Waals surface area contributed by atoms with E-state index in [1.807, 2.05) is 0 Å². The first kappa shape index (κ1) is 23.2. The van der Waals surface area contributed by atoms with Gasteiger partial charge in [-0.25, -0.2) is 17.9 Å². The van der Waals surface area contributed by atoms with E-state index in [1.54, 1.807) is 0 Å². The van der Waals surface area contributed by atoms with Crippen LogP contribution in [0.4, 0.5) is 10.5 Å². The first-order valence-electron chi connectivity index (χ1n) is 11.2. The van der Waals surface area contributed by atoms with E-state index in [0.29, 0.717) is 18.9 Å². The molecule has 6 nitrogen and oxygen atoms in total. The van der Waals surface area contributed by atoms with Crippen LogP contribution in [0.5, 0.6) is 0 Å². The minimum absolute atomic E-state index is 0. The predicted molar refractivity (Wildman–Crippen MR) is 120 cm³/mol. The molecule has 2 fully saturated rings. The fourth-order valence-corrected chi connectivity index (χ4v) is 6.93. The summed E-state index contributed by atoms with van der Waals surface area (Å²) in [5, 5.41) is 2.47. The Morgan fingerprint density at radius 2 is 1.50 bits per heavy atom. The second-order valence-electron chi connectivity index (χ2n) is 9.16. The van der Waals surface area contributed by atoms with E-state index in [2.05, 4.69) is 21.0 Å². The van der Waals surface area contributed by atoms with E-state index in [0.717, 1.165) is 57.3 Å². The first-order valence-corrected chi connectivity index (χ1v) is 12.8. The van der Waals surface area contributed by atoms with Gasteiger partial charge in [0, 0.05) is 63.1 Å². The number of benzene rings is 1. The van der Waals surface area contributed by atoms with E-state index in [1.165, 1.54) is 41.5 Å². The number of carbonyl (C=O) groups is 1. The van der Waals surface area contributed by atoms with Gasteiger partial charge in [-0.05, 0) is 99.6 Å². The molecule has 0 bridgehead atoms. The summed E-state index contributed by atoms with van der Waals surface area (Å²) in [5.74, 6) is 0. The van der Waals surface area contributed by atoms with Crippen molar-refractivity contribution in [3.8, 4) is 0 Å². The van der Waals surface area contributed by atoms with Gasteiger partial charge < -0.3 is 10.2 Å². The van der Waals surface area contributed by atoms with Crippen LogP contribution in [0.3, 0.4) is 0 Å². The average molecular weight is 457 g/mol. The zero-order chi connectivity index (χ0) is 20.0. The number of hydrogen-bond donors (Lipinski definition) is 2. The number of nitrogens with zero attached hydrogens (tertiary/aromatic N) is 1. The first-order chi connectivity index (χ1) is 14.0. The summed E-state index contributed by atoms with van der Waals surface area (Å²) < 4.78 is 28.0. The van der Waals surface area contributed by atoms with Gasteiger partial charge in [0.1, 0.15) is 0 Å². The Morgan fingerprint density at radius 1 is 0.900 bits per heavy atom. The third-order valence-electron chi connectivity index (χ3n) is 7.45. The van der Waals surface area contributed by atoms with Crippen LogP contribution >= 0.6 is 0 Å². The molecule has 3 aliphatic carbocycles. The van der Waals surface area contributed by atoms with Crippen LogP contribution in [0.2, 0.25) is 0 Å². The van der Waals surface area contributed by atoms with Gasteiger partial charge in [-0.1, -0.05) is 12.5 Å². The van der Waals surface area contributed by atoms with Crippen LogP contribution in [-0.4, -0.2) is 95.1 Å². The quantitative estimate of drug-likeness (QED) is 0.683. The van der Waals surface area contributed by atoms with Gasteiger partial charge in [0.15, 0.2) is 0 Å². The summed E-state index contributed by atoms with van der Waals surface area (Å²) in [7, 11) is -3.66. The number of rotatable bonds is 4. The third-order valence-corrected chi connectivity index (χ3v) is 9.27. The number of urea groups is 1. The molecule has 1 saturated carbocycles. The van der Waals surface area contributed by atoms with Gasteiger partial charge in [0.25, 0.3) is 0 Å². The maximum absolute atomic E-state index is 12.8. The van der Waals surface area contributed by atoms with Gasteiger partial charge >= 0.3 is 6.03 Å². The van der Waals surface area contributed by atoms with Crippen molar-refractivity contribution in [1.29, 1.82) is 0 Å². The van der Waals surface area contributed by atoms with Crippen LogP contribution in [0.1, 0.15) is 67.2 Å². The van der Waals surface area contributed by atoms with Gasteiger partial charge in [0.05, 0.1) is 5.25 Å². The molecule has 2 N–H and O–H groups in total. The second-order valence-corrected chi connectivity index (χ2v) is 11.1. The van der Waals surface area contributed by atoms with Crippen LogP contribution in [0, 0.1) is 0 Å². The number of piperidine rings is 1. The Morgan fingerprint density at radius 3 is 2.03 bits per heavy atom.